The van der Waals surface area contributed by atoms with Crippen LogP contribution in [0.5, 0.6) is 0 Å². The Kier molecular flexibility index (Phi) is 6.99. The summed E-state index contributed by atoms with van der Waals surface area (Å²) in [6.07, 6.45) is 1.85. The number of ether oxygens (including phenoxy) is 1. The highest BCUT2D eigenvalue weighted by atomic mass is 16.5. The monoisotopic (exact) mass is 285 g/mol. The Morgan fingerprint density at radius 2 is 1.85 bits per heavy atom. The van der Waals surface area contributed by atoms with Gasteiger partial charge in [0.05, 0.1) is 6.42 Å². The normalized spacial score (nSPS) is 18.0. The molecule has 1 atom stereocenters. The predicted octanol–water partition coefficient (Wildman–Crippen LogP) is 2.01. The van der Waals surface area contributed by atoms with Crippen molar-refractivity contribution in [1.82, 2.24) is 4.90 Å². The fourth-order valence-corrected chi connectivity index (χ4v) is 2.67. The molecule has 1 heterocycles. The Balaban J connectivity index is 2.61. The second kappa shape index (κ2) is 8.25. The molecule has 1 fully saturated rings. The maximum atomic E-state index is 12.6. The number of carbonyl (C=O) groups excluding carboxylic acids is 1. The maximum absolute atomic E-state index is 12.6. The summed E-state index contributed by atoms with van der Waals surface area (Å²) in [6.45, 7) is 8.43. The van der Waals surface area contributed by atoms with E-state index < -0.39 is 5.97 Å². The minimum atomic E-state index is -0.856. The lowest BCUT2D eigenvalue weighted by Gasteiger charge is -2.32. The summed E-state index contributed by atoms with van der Waals surface area (Å²) in [5.41, 5.74) is 0. The summed E-state index contributed by atoms with van der Waals surface area (Å²) in [5, 5.41) is 8.81. The van der Waals surface area contributed by atoms with Gasteiger partial charge in [-0.15, -0.1) is 0 Å². The third-order valence-electron chi connectivity index (χ3n) is 3.86. The highest BCUT2D eigenvalue weighted by Crippen LogP contribution is 2.25. The molecule has 0 spiro atoms. The number of hydrogen-bond donors (Lipinski definition) is 1. The molecule has 1 N–H and O–H groups in total. The first-order valence-corrected chi connectivity index (χ1v) is 7.50. The lowest BCUT2D eigenvalue weighted by atomic mass is 9.86. The molecule has 1 unspecified atom stereocenters. The maximum Gasteiger partial charge on any atom is 0.305 e. The van der Waals surface area contributed by atoms with Gasteiger partial charge in [-0.2, -0.15) is 0 Å². The SMILES string of the molecule is CC(C)CN(CCC(=O)O)C(=O)C(C)C1CCOCC1. The van der Waals surface area contributed by atoms with Crippen molar-refractivity contribution in [2.45, 2.75) is 40.0 Å². The van der Waals surface area contributed by atoms with Gasteiger partial charge in [0.15, 0.2) is 0 Å². The van der Waals surface area contributed by atoms with Gasteiger partial charge in [-0.3, -0.25) is 9.59 Å². The molecular formula is C15H27NO4. The van der Waals surface area contributed by atoms with Crippen molar-refractivity contribution in [2.75, 3.05) is 26.3 Å². The minimum absolute atomic E-state index is 0.0129. The van der Waals surface area contributed by atoms with E-state index in [9.17, 15) is 9.59 Å². The molecule has 116 valence electrons. The highest BCUT2D eigenvalue weighted by Gasteiger charge is 2.29. The van der Waals surface area contributed by atoms with Gasteiger partial charge in [0.25, 0.3) is 0 Å². The Bertz CT molecular complexity index is 324. The third kappa shape index (κ3) is 5.49. The number of carboxylic acid groups (broad SMARTS) is 1. The van der Waals surface area contributed by atoms with Crippen LogP contribution in [-0.4, -0.2) is 48.2 Å². The van der Waals surface area contributed by atoms with Gasteiger partial charge >= 0.3 is 5.97 Å². The van der Waals surface area contributed by atoms with Crippen molar-refractivity contribution < 1.29 is 19.4 Å². The molecule has 0 aromatic carbocycles. The molecule has 0 radical (unpaired) electrons. The first-order valence-electron chi connectivity index (χ1n) is 7.50. The van der Waals surface area contributed by atoms with E-state index in [0.29, 0.717) is 24.9 Å². The standard InChI is InChI=1S/C15H27NO4/c1-11(2)10-16(7-4-14(17)18)15(19)12(3)13-5-8-20-9-6-13/h11-13H,4-10H2,1-3H3,(H,17,18). The van der Waals surface area contributed by atoms with Crippen molar-refractivity contribution in [1.29, 1.82) is 0 Å². The van der Waals surface area contributed by atoms with Crippen LogP contribution in [0.4, 0.5) is 0 Å². The number of hydrogen-bond acceptors (Lipinski definition) is 3. The van der Waals surface area contributed by atoms with Crippen LogP contribution in [0.2, 0.25) is 0 Å². The second-order valence-corrected chi connectivity index (χ2v) is 6.06. The lowest BCUT2D eigenvalue weighted by Crippen LogP contribution is -2.42. The van der Waals surface area contributed by atoms with Crippen LogP contribution in [0.15, 0.2) is 0 Å². The lowest BCUT2D eigenvalue weighted by molar-refractivity contribution is -0.141. The quantitative estimate of drug-likeness (QED) is 0.777. The molecule has 1 aliphatic rings. The molecule has 0 bridgehead atoms. The summed E-state index contributed by atoms with van der Waals surface area (Å²) in [6, 6.07) is 0. The van der Waals surface area contributed by atoms with E-state index in [1.54, 1.807) is 4.90 Å². The van der Waals surface area contributed by atoms with E-state index in [1.165, 1.54) is 0 Å². The fourth-order valence-electron chi connectivity index (χ4n) is 2.67. The molecule has 1 aliphatic heterocycles. The molecule has 5 heteroatoms. The van der Waals surface area contributed by atoms with E-state index in [1.807, 2.05) is 20.8 Å². The zero-order chi connectivity index (χ0) is 15.1. The average molecular weight is 285 g/mol. The van der Waals surface area contributed by atoms with Crippen molar-refractivity contribution >= 4 is 11.9 Å². The molecule has 1 rings (SSSR count). The van der Waals surface area contributed by atoms with Gasteiger partial charge in [0.2, 0.25) is 5.91 Å². The highest BCUT2D eigenvalue weighted by molar-refractivity contribution is 5.79. The van der Waals surface area contributed by atoms with Gasteiger partial charge < -0.3 is 14.7 Å². The van der Waals surface area contributed by atoms with Crippen molar-refractivity contribution in [3.63, 3.8) is 0 Å². The molecule has 1 amide bonds. The van der Waals surface area contributed by atoms with E-state index in [-0.39, 0.29) is 18.2 Å². The van der Waals surface area contributed by atoms with Gasteiger partial charge in [0, 0.05) is 32.2 Å². The van der Waals surface area contributed by atoms with Crippen LogP contribution >= 0.6 is 0 Å². The molecule has 0 aromatic rings. The summed E-state index contributed by atoms with van der Waals surface area (Å²) < 4.78 is 5.33. The second-order valence-electron chi connectivity index (χ2n) is 6.06. The van der Waals surface area contributed by atoms with Crippen molar-refractivity contribution in [3.8, 4) is 0 Å². The average Bonchev–Trinajstić information content (AvgIpc) is 2.42. The van der Waals surface area contributed by atoms with Gasteiger partial charge in [-0.1, -0.05) is 20.8 Å². The smallest absolute Gasteiger partial charge is 0.305 e. The van der Waals surface area contributed by atoms with Crippen LogP contribution in [0, 0.1) is 17.8 Å². The number of carbonyl (C=O) groups is 2. The Morgan fingerprint density at radius 1 is 1.25 bits per heavy atom. The fraction of sp³-hybridized carbons (Fsp3) is 0.867. The zero-order valence-corrected chi connectivity index (χ0v) is 12.8. The van der Waals surface area contributed by atoms with Crippen molar-refractivity contribution in [3.05, 3.63) is 0 Å². The van der Waals surface area contributed by atoms with E-state index in [4.69, 9.17) is 9.84 Å². The number of rotatable bonds is 7. The van der Waals surface area contributed by atoms with Crippen LogP contribution in [-0.2, 0) is 14.3 Å². The Labute approximate surface area is 121 Å². The molecule has 0 aliphatic carbocycles. The van der Waals surface area contributed by atoms with Crippen LogP contribution in [0.1, 0.15) is 40.0 Å². The summed E-state index contributed by atoms with van der Waals surface area (Å²) in [7, 11) is 0. The molecule has 0 aromatic heterocycles. The van der Waals surface area contributed by atoms with Crippen molar-refractivity contribution in [2.24, 2.45) is 17.8 Å². The zero-order valence-electron chi connectivity index (χ0n) is 12.8. The van der Waals surface area contributed by atoms with Crippen LogP contribution < -0.4 is 0 Å². The Hall–Kier alpha value is -1.10. The number of carboxylic acids is 1. The summed E-state index contributed by atoms with van der Waals surface area (Å²) in [4.78, 5) is 25.0. The summed E-state index contributed by atoms with van der Waals surface area (Å²) >= 11 is 0. The molecular weight excluding hydrogens is 258 g/mol. The molecule has 20 heavy (non-hydrogen) atoms. The van der Waals surface area contributed by atoms with E-state index >= 15 is 0 Å². The molecule has 5 nitrogen and oxygen atoms in total. The van der Waals surface area contributed by atoms with Gasteiger partial charge in [0.1, 0.15) is 0 Å². The summed E-state index contributed by atoms with van der Waals surface area (Å²) in [5.74, 6) is -0.117. The number of amides is 1. The first-order chi connectivity index (χ1) is 9.41. The van der Waals surface area contributed by atoms with Crippen LogP contribution in [0.25, 0.3) is 0 Å². The van der Waals surface area contributed by atoms with E-state index in [0.717, 1.165) is 26.1 Å². The number of nitrogens with zero attached hydrogens (tertiary/aromatic N) is 1. The largest absolute Gasteiger partial charge is 0.481 e. The van der Waals surface area contributed by atoms with Gasteiger partial charge in [-0.25, -0.2) is 0 Å². The topological polar surface area (TPSA) is 66.8 Å². The minimum Gasteiger partial charge on any atom is -0.481 e. The molecule has 0 saturated carbocycles. The molecule has 1 saturated heterocycles. The van der Waals surface area contributed by atoms with Crippen LogP contribution in [0.3, 0.4) is 0 Å². The number of aliphatic carboxylic acids is 1. The predicted molar refractivity (Wildman–Crippen MR) is 76.4 cm³/mol. The van der Waals surface area contributed by atoms with E-state index in [2.05, 4.69) is 0 Å². The van der Waals surface area contributed by atoms with Gasteiger partial charge in [-0.05, 0) is 24.7 Å². The third-order valence-corrected chi connectivity index (χ3v) is 3.86. The first kappa shape index (κ1) is 17.0. The Morgan fingerprint density at radius 3 is 2.35 bits per heavy atom.